The Morgan fingerprint density at radius 1 is 1.21 bits per heavy atom. The molecule has 132 valence electrons. The van der Waals surface area contributed by atoms with Crippen LogP contribution in [0.15, 0.2) is 23.3 Å². The van der Waals surface area contributed by atoms with Crippen molar-refractivity contribution >= 4 is 5.78 Å². The highest BCUT2D eigenvalue weighted by molar-refractivity contribution is 5.92. The molecule has 0 radical (unpaired) electrons. The van der Waals surface area contributed by atoms with Gasteiger partial charge in [-0.2, -0.15) is 0 Å². The van der Waals surface area contributed by atoms with E-state index in [1.54, 1.807) is 0 Å². The van der Waals surface area contributed by atoms with Crippen LogP contribution < -0.4 is 0 Å². The van der Waals surface area contributed by atoms with Crippen LogP contribution in [0.5, 0.6) is 0 Å². The topological polar surface area (TPSA) is 57.5 Å². The molecule has 0 aromatic rings. The largest absolute Gasteiger partial charge is 0.392 e. The van der Waals surface area contributed by atoms with Crippen LogP contribution in [0.25, 0.3) is 0 Å². The van der Waals surface area contributed by atoms with Gasteiger partial charge in [-0.25, -0.2) is 0 Å². The molecule has 0 aliphatic heterocycles. The minimum absolute atomic E-state index is 0.100. The fourth-order valence-electron chi connectivity index (χ4n) is 6.90. The fraction of sp³-hybridized carbons (Fsp3) is 0.762. The molecular weight excluding hydrogens is 300 g/mol. The first-order chi connectivity index (χ1) is 11.4. The van der Waals surface area contributed by atoms with Crippen molar-refractivity contribution < 1.29 is 15.0 Å². The van der Waals surface area contributed by atoms with Crippen LogP contribution in [0.4, 0.5) is 0 Å². The second-order valence-electron chi connectivity index (χ2n) is 8.96. The fourth-order valence-corrected chi connectivity index (χ4v) is 6.90. The van der Waals surface area contributed by atoms with Crippen molar-refractivity contribution in [1.82, 2.24) is 0 Å². The van der Waals surface area contributed by atoms with E-state index in [4.69, 9.17) is 0 Å². The second-order valence-corrected chi connectivity index (χ2v) is 8.96. The molecule has 0 amide bonds. The predicted molar refractivity (Wildman–Crippen MR) is 93.3 cm³/mol. The van der Waals surface area contributed by atoms with E-state index in [9.17, 15) is 15.0 Å². The van der Waals surface area contributed by atoms with Gasteiger partial charge in [0.15, 0.2) is 5.78 Å². The monoisotopic (exact) mass is 330 g/mol. The number of fused-ring (bicyclic) bond motifs is 5. The third-order valence-electron chi connectivity index (χ3n) is 8.25. The average molecular weight is 330 g/mol. The number of carbonyl (C=O) groups excluding carboxylic acids is 1. The number of allylic oxidation sites excluding steroid dienone is 1. The number of hydrogen-bond donors (Lipinski definition) is 2. The summed E-state index contributed by atoms with van der Waals surface area (Å²) in [5.41, 5.74) is 2.69. The Morgan fingerprint density at radius 3 is 2.75 bits per heavy atom. The molecule has 4 aliphatic carbocycles. The highest BCUT2D eigenvalue weighted by Crippen LogP contribution is 2.66. The van der Waals surface area contributed by atoms with Crippen LogP contribution in [0.1, 0.15) is 58.8 Å². The lowest BCUT2D eigenvalue weighted by Gasteiger charge is -2.58. The van der Waals surface area contributed by atoms with Gasteiger partial charge in [0.25, 0.3) is 0 Å². The predicted octanol–water partition coefficient (Wildman–Crippen LogP) is 3.41. The number of carbonyl (C=O) groups is 1. The normalized spacial score (nSPS) is 49.4. The first-order valence-corrected chi connectivity index (χ1v) is 9.63. The molecule has 0 aromatic carbocycles. The van der Waals surface area contributed by atoms with Crippen molar-refractivity contribution in [3.05, 3.63) is 23.3 Å². The molecule has 2 N–H and O–H groups in total. The number of aliphatic hydroxyl groups excluding tert-OH is 2. The van der Waals surface area contributed by atoms with Gasteiger partial charge in [-0.3, -0.25) is 4.79 Å². The summed E-state index contributed by atoms with van der Waals surface area (Å²) in [6.45, 7) is 4.77. The molecule has 3 saturated carbocycles. The van der Waals surface area contributed by atoms with Gasteiger partial charge in [0, 0.05) is 11.8 Å². The lowest BCUT2D eigenvalue weighted by atomic mass is 9.46. The number of ketones is 1. The Morgan fingerprint density at radius 2 is 2.00 bits per heavy atom. The minimum atomic E-state index is -0.518. The van der Waals surface area contributed by atoms with Crippen LogP contribution in [-0.2, 0) is 4.79 Å². The quantitative estimate of drug-likeness (QED) is 0.725. The number of aliphatic hydroxyl groups is 2. The first-order valence-electron chi connectivity index (χ1n) is 9.63. The third kappa shape index (κ3) is 2.07. The lowest BCUT2D eigenvalue weighted by Crippen LogP contribution is -2.54. The van der Waals surface area contributed by atoms with Gasteiger partial charge in [0.05, 0.1) is 12.7 Å². The SMILES string of the molecule is C[C@@]12C(=CC(=O)C[C@H]1O)CC[C@@H]1[C@@H]2CC[C@]2(C)C(=CCO)CC[C@@H]12. The van der Waals surface area contributed by atoms with Crippen molar-refractivity contribution in [1.29, 1.82) is 0 Å². The first kappa shape index (κ1) is 16.5. The molecule has 0 aromatic heterocycles. The van der Waals surface area contributed by atoms with E-state index in [0.29, 0.717) is 24.2 Å². The van der Waals surface area contributed by atoms with Crippen LogP contribution in [0.2, 0.25) is 0 Å². The Balaban J connectivity index is 1.70. The molecule has 0 unspecified atom stereocenters. The Labute approximate surface area is 144 Å². The molecule has 24 heavy (non-hydrogen) atoms. The highest BCUT2D eigenvalue weighted by atomic mass is 16.3. The Hall–Kier alpha value is -0.930. The molecule has 3 heteroatoms. The van der Waals surface area contributed by atoms with E-state index in [1.807, 2.05) is 12.2 Å². The smallest absolute Gasteiger partial charge is 0.158 e. The molecule has 0 bridgehead atoms. The molecule has 3 fully saturated rings. The van der Waals surface area contributed by atoms with Crippen molar-refractivity contribution in [3.8, 4) is 0 Å². The molecule has 0 heterocycles. The molecule has 0 saturated heterocycles. The Bertz CT molecular complexity index is 619. The zero-order valence-corrected chi connectivity index (χ0v) is 14.9. The number of hydrogen-bond acceptors (Lipinski definition) is 3. The summed E-state index contributed by atoms with van der Waals surface area (Å²) in [7, 11) is 0. The average Bonchev–Trinajstić information content (AvgIpc) is 2.86. The van der Waals surface area contributed by atoms with Gasteiger partial charge < -0.3 is 10.2 Å². The van der Waals surface area contributed by atoms with Crippen molar-refractivity contribution in [2.24, 2.45) is 28.6 Å². The van der Waals surface area contributed by atoms with Gasteiger partial charge in [-0.05, 0) is 67.8 Å². The minimum Gasteiger partial charge on any atom is -0.392 e. The third-order valence-corrected chi connectivity index (χ3v) is 8.25. The van der Waals surface area contributed by atoms with Crippen LogP contribution >= 0.6 is 0 Å². The maximum Gasteiger partial charge on any atom is 0.158 e. The standard InChI is InChI=1S/C21H30O3/c1-20-9-7-18-16(17(20)6-4-13(20)8-10-22)5-3-14-11-15(23)12-19(24)21(14,18)2/h8,11,16-19,22,24H,3-7,9-10,12H2,1-2H3/t16-,17-,18-,19+,20+,21-/m0/s1. The Kier molecular flexibility index (Phi) is 3.81. The lowest BCUT2D eigenvalue weighted by molar-refractivity contribution is -0.125. The van der Waals surface area contributed by atoms with Gasteiger partial charge in [0.1, 0.15) is 0 Å². The van der Waals surface area contributed by atoms with Gasteiger partial charge in [-0.15, -0.1) is 0 Å². The molecule has 0 spiro atoms. The summed E-state index contributed by atoms with van der Waals surface area (Å²) in [4.78, 5) is 11.9. The zero-order valence-electron chi connectivity index (χ0n) is 14.9. The van der Waals surface area contributed by atoms with E-state index >= 15 is 0 Å². The van der Waals surface area contributed by atoms with Crippen molar-refractivity contribution in [3.63, 3.8) is 0 Å². The van der Waals surface area contributed by atoms with Crippen LogP contribution in [0.3, 0.4) is 0 Å². The van der Waals surface area contributed by atoms with E-state index < -0.39 is 6.10 Å². The number of rotatable bonds is 1. The highest BCUT2D eigenvalue weighted by Gasteiger charge is 2.59. The molecular formula is C21H30O3. The maximum atomic E-state index is 11.9. The molecule has 4 aliphatic rings. The van der Waals surface area contributed by atoms with Crippen molar-refractivity contribution in [2.45, 2.75) is 64.9 Å². The van der Waals surface area contributed by atoms with E-state index in [0.717, 1.165) is 32.1 Å². The van der Waals surface area contributed by atoms with Crippen LogP contribution in [-0.4, -0.2) is 28.7 Å². The summed E-state index contributed by atoms with van der Waals surface area (Å²) >= 11 is 0. The van der Waals surface area contributed by atoms with Gasteiger partial charge in [0.2, 0.25) is 0 Å². The molecule has 4 rings (SSSR count). The molecule has 6 atom stereocenters. The molecule has 3 nitrogen and oxygen atoms in total. The van der Waals surface area contributed by atoms with Crippen LogP contribution in [0, 0.1) is 28.6 Å². The second kappa shape index (κ2) is 5.54. The van der Waals surface area contributed by atoms with Gasteiger partial charge >= 0.3 is 0 Å². The van der Waals surface area contributed by atoms with E-state index in [1.165, 1.54) is 17.6 Å². The summed E-state index contributed by atoms with van der Waals surface area (Å²) in [6.07, 6.45) is 10.4. The summed E-state index contributed by atoms with van der Waals surface area (Å²) in [6, 6.07) is 0. The van der Waals surface area contributed by atoms with E-state index in [2.05, 4.69) is 13.8 Å². The van der Waals surface area contributed by atoms with Gasteiger partial charge in [-0.1, -0.05) is 31.1 Å². The summed E-state index contributed by atoms with van der Waals surface area (Å²) < 4.78 is 0. The zero-order chi connectivity index (χ0) is 17.1. The maximum absolute atomic E-state index is 11.9. The van der Waals surface area contributed by atoms with Crippen molar-refractivity contribution in [2.75, 3.05) is 6.61 Å². The summed E-state index contributed by atoms with van der Waals surface area (Å²) in [5, 5.41) is 20.2. The van der Waals surface area contributed by atoms with E-state index in [-0.39, 0.29) is 23.2 Å². The summed E-state index contributed by atoms with van der Waals surface area (Å²) in [5.74, 6) is 1.89.